The Morgan fingerprint density at radius 1 is 1.12 bits per heavy atom. The Kier molecular flexibility index (Phi) is 3.40. The van der Waals surface area contributed by atoms with E-state index < -0.39 is 6.10 Å². The van der Waals surface area contributed by atoms with E-state index in [1.165, 1.54) is 0 Å². The average molecular weight is 228 g/mol. The normalized spacial score (nSPS) is 12.2. The molecule has 0 aliphatic carbocycles. The molecule has 88 valence electrons. The molecule has 0 bridgehead atoms. The van der Waals surface area contributed by atoms with E-state index >= 15 is 0 Å². The van der Waals surface area contributed by atoms with E-state index in [2.05, 4.69) is 4.98 Å². The number of para-hydroxylation sites is 1. The number of rotatable bonds is 3. The van der Waals surface area contributed by atoms with Crippen LogP contribution in [0.2, 0.25) is 0 Å². The molecule has 1 aromatic heterocycles. The Morgan fingerprint density at radius 3 is 2.35 bits per heavy atom. The first-order chi connectivity index (χ1) is 8.18. The summed E-state index contributed by atoms with van der Waals surface area (Å²) in [7, 11) is 1.97. The van der Waals surface area contributed by atoms with Gasteiger partial charge in [-0.2, -0.15) is 0 Å². The SMILES string of the molecule is CC(O)c1ccc(N(C)c2ccccc2)nc1. The molecule has 2 rings (SSSR count). The van der Waals surface area contributed by atoms with Gasteiger partial charge in [-0.3, -0.25) is 0 Å². The summed E-state index contributed by atoms with van der Waals surface area (Å²) in [5.41, 5.74) is 1.92. The second-order valence-corrected chi connectivity index (χ2v) is 4.02. The van der Waals surface area contributed by atoms with E-state index in [9.17, 15) is 5.11 Å². The first kappa shape index (κ1) is 11.6. The third-order valence-corrected chi connectivity index (χ3v) is 2.74. The quantitative estimate of drug-likeness (QED) is 0.877. The van der Waals surface area contributed by atoms with Crippen LogP contribution in [0, 0.1) is 0 Å². The number of hydrogen-bond donors (Lipinski definition) is 1. The fraction of sp³-hybridized carbons (Fsp3) is 0.214. The molecule has 17 heavy (non-hydrogen) atoms. The summed E-state index contributed by atoms with van der Waals surface area (Å²) in [6.45, 7) is 1.73. The molecule has 0 fully saturated rings. The maximum Gasteiger partial charge on any atom is 0.132 e. The molecule has 2 aromatic rings. The van der Waals surface area contributed by atoms with Crippen LogP contribution in [0.5, 0.6) is 0 Å². The lowest BCUT2D eigenvalue weighted by Crippen LogP contribution is -2.11. The monoisotopic (exact) mass is 228 g/mol. The molecule has 0 saturated heterocycles. The van der Waals surface area contributed by atoms with E-state index in [1.54, 1.807) is 13.1 Å². The molecule has 0 aliphatic heterocycles. The van der Waals surface area contributed by atoms with Crippen LogP contribution in [-0.2, 0) is 0 Å². The van der Waals surface area contributed by atoms with Gasteiger partial charge in [0.15, 0.2) is 0 Å². The summed E-state index contributed by atoms with van der Waals surface area (Å²) < 4.78 is 0. The van der Waals surface area contributed by atoms with Gasteiger partial charge in [0.25, 0.3) is 0 Å². The van der Waals surface area contributed by atoms with Gasteiger partial charge in [0, 0.05) is 18.9 Å². The lowest BCUT2D eigenvalue weighted by atomic mass is 10.2. The zero-order valence-corrected chi connectivity index (χ0v) is 10.0. The van der Waals surface area contributed by atoms with Crippen LogP contribution >= 0.6 is 0 Å². The van der Waals surface area contributed by atoms with Crippen molar-refractivity contribution in [3.63, 3.8) is 0 Å². The molecule has 0 spiro atoms. The molecule has 1 N–H and O–H groups in total. The highest BCUT2D eigenvalue weighted by Gasteiger charge is 2.06. The van der Waals surface area contributed by atoms with Gasteiger partial charge in [0.1, 0.15) is 5.82 Å². The van der Waals surface area contributed by atoms with Crippen LogP contribution < -0.4 is 4.90 Å². The number of pyridine rings is 1. The second kappa shape index (κ2) is 4.97. The van der Waals surface area contributed by atoms with Gasteiger partial charge >= 0.3 is 0 Å². The summed E-state index contributed by atoms with van der Waals surface area (Å²) in [6, 6.07) is 13.9. The number of anilines is 2. The molecule has 1 unspecified atom stereocenters. The first-order valence-corrected chi connectivity index (χ1v) is 5.61. The van der Waals surface area contributed by atoms with Gasteiger partial charge in [0.2, 0.25) is 0 Å². The average Bonchev–Trinajstić information content (AvgIpc) is 2.39. The van der Waals surface area contributed by atoms with Crippen molar-refractivity contribution in [1.29, 1.82) is 0 Å². The minimum Gasteiger partial charge on any atom is -0.389 e. The lowest BCUT2D eigenvalue weighted by molar-refractivity contribution is 0.199. The Morgan fingerprint density at radius 2 is 1.82 bits per heavy atom. The molecule has 0 radical (unpaired) electrons. The lowest BCUT2D eigenvalue weighted by Gasteiger charge is -2.18. The van der Waals surface area contributed by atoms with Crippen LogP contribution in [-0.4, -0.2) is 17.1 Å². The highest BCUT2D eigenvalue weighted by atomic mass is 16.3. The zero-order valence-electron chi connectivity index (χ0n) is 10.0. The predicted molar refractivity (Wildman–Crippen MR) is 69.4 cm³/mol. The van der Waals surface area contributed by atoms with E-state index in [0.717, 1.165) is 17.1 Å². The Balaban J connectivity index is 2.23. The smallest absolute Gasteiger partial charge is 0.132 e. The summed E-state index contributed by atoms with van der Waals surface area (Å²) in [5, 5.41) is 9.42. The van der Waals surface area contributed by atoms with E-state index in [0.29, 0.717) is 0 Å². The largest absolute Gasteiger partial charge is 0.389 e. The third kappa shape index (κ3) is 2.63. The van der Waals surface area contributed by atoms with Gasteiger partial charge in [-0.15, -0.1) is 0 Å². The van der Waals surface area contributed by atoms with Crippen LogP contribution in [0.15, 0.2) is 48.7 Å². The maximum absolute atomic E-state index is 9.42. The van der Waals surface area contributed by atoms with Crippen LogP contribution in [0.4, 0.5) is 11.5 Å². The van der Waals surface area contributed by atoms with Crippen molar-refractivity contribution in [2.24, 2.45) is 0 Å². The van der Waals surface area contributed by atoms with Gasteiger partial charge in [-0.25, -0.2) is 4.98 Å². The van der Waals surface area contributed by atoms with E-state index in [4.69, 9.17) is 0 Å². The van der Waals surface area contributed by atoms with Crippen LogP contribution in [0.3, 0.4) is 0 Å². The Hall–Kier alpha value is -1.87. The van der Waals surface area contributed by atoms with Gasteiger partial charge in [-0.05, 0) is 30.7 Å². The summed E-state index contributed by atoms with van der Waals surface area (Å²) in [5.74, 6) is 0.862. The Labute approximate surface area is 101 Å². The van der Waals surface area contributed by atoms with Gasteiger partial charge in [-0.1, -0.05) is 24.3 Å². The van der Waals surface area contributed by atoms with Crippen molar-refractivity contribution in [2.75, 3.05) is 11.9 Å². The molecule has 3 heteroatoms. The highest BCUT2D eigenvalue weighted by molar-refractivity contribution is 5.58. The number of aliphatic hydroxyl groups excluding tert-OH is 1. The van der Waals surface area contributed by atoms with Gasteiger partial charge < -0.3 is 10.0 Å². The van der Waals surface area contributed by atoms with Gasteiger partial charge in [0.05, 0.1) is 6.10 Å². The summed E-state index contributed by atoms with van der Waals surface area (Å²) in [4.78, 5) is 6.35. The molecular weight excluding hydrogens is 212 g/mol. The summed E-state index contributed by atoms with van der Waals surface area (Å²) in [6.07, 6.45) is 1.23. The molecule has 0 amide bonds. The molecule has 0 aliphatic rings. The number of benzene rings is 1. The van der Waals surface area contributed by atoms with Crippen molar-refractivity contribution in [1.82, 2.24) is 4.98 Å². The molecule has 0 saturated carbocycles. The van der Waals surface area contributed by atoms with Crippen molar-refractivity contribution < 1.29 is 5.11 Å². The highest BCUT2D eigenvalue weighted by Crippen LogP contribution is 2.22. The number of hydrogen-bond acceptors (Lipinski definition) is 3. The molecule has 1 atom stereocenters. The Bertz CT molecular complexity index is 465. The second-order valence-electron chi connectivity index (χ2n) is 4.02. The van der Waals surface area contributed by atoms with Crippen LogP contribution in [0.1, 0.15) is 18.6 Å². The first-order valence-electron chi connectivity index (χ1n) is 5.61. The predicted octanol–water partition coefficient (Wildman–Crippen LogP) is 2.90. The number of aliphatic hydroxyl groups is 1. The number of aromatic nitrogens is 1. The standard InChI is InChI=1S/C14H16N2O/c1-11(17)12-8-9-14(15-10-12)16(2)13-6-4-3-5-7-13/h3-11,17H,1-2H3. The topological polar surface area (TPSA) is 36.4 Å². The zero-order chi connectivity index (χ0) is 12.3. The minimum absolute atomic E-state index is 0.474. The van der Waals surface area contributed by atoms with Crippen molar-refractivity contribution in [2.45, 2.75) is 13.0 Å². The molecule has 1 aromatic carbocycles. The van der Waals surface area contributed by atoms with Crippen molar-refractivity contribution in [3.05, 3.63) is 54.2 Å². The van der Waals surface area contributed by atoms with E-state index in [1.807, 2.05) is 54.4 Å². The van der Waals surface area contributed by atoms with E-state index in [-0.39, 0.29) is 0 Å². The van der Waals surface area contributed by atoms with Crippen LogP contribution in [0.25, 0.3) is 0 Å². The molecule has 1 heterocycles. The molecular formula is C14H16N2O. The number of nitrogens with zero attached hydrogens (tertiary/aromatic N) is 2. The fourth-order valence-electron chi connectivity index (χ4n) is 1.63. The fourth-order valence-corrected chi connectivity index (χ4v) is 1.63. The maximum atomic E-state index is 9.42. The van der Waals surface area contributed by atoms with Crippen molar-refractivity contribution in [3.8, 4) is 0 Å². The summed E-state index contributed by atoms with van der Waals surface area (Å²) >= 11 is 0. The van der Waals surface area contributed by atoms with Crippen molar-refractivity contribution >= 4 is 11.5 Å². The molecule has 3 nitrogen and oxygen atoms in total. The minimum atomic E-state index is -0.474. The third-order valence-electron chi connectivity index (χ3n) is 2.74.